The van der Waals surface area contributed by atoms with Gasteiger partial charge in [-0.3, -0.25) is 0 Å². The Hall–Kier alpha value is -1.81. The van der Waals surface area contributed by atoms with Crippen molar-refractivity contribution in [2.24, 2.45) is 0 Å². The summed E-state index contributed by atoms with van der Waals surface area (Å²) in [5.74, 6) is 0.681. The Morgan fingerprint density at radius 3 is 2.67 bits per heavy atom. The third kappa shape index (κ3) is 3.64. The van der Waals surface area contributed by atoms with Gasteiger partial charge in [-0.25, -0.2) is 4.39 Å². The second-order valence-electron chi connectivity index (χ2n) is 5.35. The Bertz CT molecular complexity index is 594. The van der Waals surface area contributed by atoms with Gasteiger partial charge in [-0.05, 0) is 44.2 Å². The minimum absolute atomic E-state index is 0.153. The molecule has 0 amide bonds. The molecule has 114 valence electrons. The maximum absolute atomic E-state index is 14.3. The highest BCUT2D eigenvalue weighted by atomic mass is 19.1. The molecule has 2 rings (SSSR count). The predicted octanol–water partition coefficient (Wildman–Crippen LogP) is 4.03. The molecule has 0 aliphatic heterocycles. The molecule has 1 unspecified atom stereocenters. The molecule has 2 aromatic rings. The Kier molecular flexibility index (Phi) is 5.02. The topological polar surface area (TPSA) is 28.4 Å². The second kappa shape index (κ2) is 6.76. The maximum atomic E-state index is 14.3. The summed E-state index contributed by atoms with van der Waals surface area (Å²) >= 11 is 0. The number of hydrogen-bond donors (Lipinski definition) is 1. The van der Waals surface area contributed by atoms with E-state index in [1.54, 1.807) is 12.3 Å². The van der Waals surface area contributed by atoms with E-state index in [4.69, 9.17) is 4.42 Å². The molecular weight excluding hydrogens is 267 g/mol. The summed E-state index contributed by atoms with van der Waals surface area (Å²) in [4.78, 5) is 1.90. The quantitative estimate of drug-likeness (QED) is 0.870. The van der Waals surface area contributed by atoms with Gasteiger partial charge in [0.05, 0.1) is 12.0 Å². The molecule has 1 heterocycles. The molecule has 4 heteroatoms. The van der Waals surface area contributed by atoms with Crippen LogP contribution in [0.25, 0.3) is 0 Å². The SMILES string of the molecule is CCNC(C)c1ccc(N(C)Cc2ccoc2C)c(F)c1. The molecule has 21 heavy (non-hydrogen) atoms. The van der Waals surface area contributed by atoms with Crippen LogP contribution in [0.15, 0.2) is 34.9 Å². The van der Waals surface area contributed by atoms with E-state index in [1.165, 1.54) is 0 Å². The van der Waals surface area contributed by atoms with E-state index in [9.17, 15) is 4.39 Å². The molecule has 3 nitrogen and oxygen atoms in total. The smallest absolute Gasteiger partial charge is 0.146 e. The van der Waals surface area contributed by atoms with Crippen LogP contribution in [-0.4, -0.2) is 13.6 Å². The van der Waals surface area contributed by atoms with Crippen LogP contribution in [0.5, 0.6) is 0 Å². The molecule has 1 N–H and O–H groups in total. The third-order valence-corrected chi connectivity index (χ3v) is 3.77. The Morgan fingerprint density at radius 2 is 2.10 bits per heavy atom. The van der Waals surface area contributed by atoms with Crippen molar-refractivity contribution in [1.82, 2.24) is 5.32 Å². The lowest BCUT2D eigenvalue weighted by atomic mass is 10.1. The van der Waals surface area contributed by atoms with E-state index in [0.29, 0.717) is 12.2 Å². The van der Waals surface area contributed by atoms with Gasteiger partial charge in [0, 0.05) is 25.2 Å². The van der Waals surface area contributed by atoms with Crippen molar-refractivity contribution in [2.75, 3.05) is 18.5 Å². The van der Waals surface area contributed by atoms with Gasteiger partial charge in [0.1, 0.15) is 11.6 Å². The monoisotopic (exact) mass is 290 g/mol. The van der Waals surface area contributed by atoms with Crippen LogP contribution >= 0.6 is 0 Å². The predicted molar refractivity (Wildman–Crippen MR) is 84.0 cm³/mol. The molecule has 0 fully saturated rings. The molecule has 0 aliphatic rings. The molecule has 0 spiro atoms. The molecule has 0 bridgehead atoms. The summed E-state index contributed by atoms with van der Waals surface area (Å²) in [6, 6.07) is 7.51. The number of halogens is 1. The number of nitrogens with zero attached hydrogens (tertiary/aromatic N) is 1. The molecule has 0 saturated heterocycles. The summed E-state index contributed by atoms with van der Waals surface area (Å²) < 4.78 is 19.6. The highest BCUT2D eigenvalue weighted by Crippen LogP contribution is 2.24. The average molecular weight is 290 g/mol. The lowest BCUT2D eigenvalue weighted by Crippen LogP contribution is -2.20. The van der Waals surface area contributed by atoms with Crippen molar-refractivity contribution in [3.8, 4) is 0 Å². The number of furan rings is 1. The minimum Gasteiger partial charge on any atom is -0.469 e. The fraction of sp³-hybridized carbons (Fsp3) is 0.412. The number of benzene rings is 1. The van der Waals surface area contributed by atoms with Gasteiger partial charge in [0.25, 0.3) is 0 Å². The Balaban J connectivity index is 2.15. The molecular formula is C17H23FN2O. The van der Waals surface area contributed by atoms with E-state index in [0.717, 1.165) is 23.4 Å². The molecule has 0 radical (unpaired) electrons. The molecule has 0 saturated carbocycles. The first-order valence-corrected chi connectivity index (χ1v) is 7.29. The molecule has 1 atom stereocenters. The second-order valence-corrected chi connectivity index (χ2v) is 5.35. The number of rotatable bonds is 6. The zero-order chi connectivity index (χ0) is 15.4. The molecule has 1 aromatic heterocycles. The first kappa shape index (κ1) is 15.6. The van der Waals surface area contributed by atoms with Gasteiger partial charge in [0.2, 0.25) is 0 Å². The van der Waals surface area contributed by atoms with Gasteiger partial charge < -0.3 is 14.6 Å². The summed E-state index contributed by atoms with van der Waals surface area (Å²) in [5, 5.41) is 3.29. The number of anilines is 1. The van der Waals surface area contributed by atoms with Gasteiger partial charge in [0.15, 0.2) is 0 Å². The fourth-order valence-electron chi connectivity index (χ4n) is 2.44. The number of hydrogen-bond acceptors (Lipinski definition) is 3. The van der Waals surface area contributed by atoms with Gasteiger partial charge in [-0.2, -0.15) is 0 Å². The minimum atomic E-state index is -0.194. The van der Waals surface area contributed by atoms with E-state index in [1.807, 2.05) is 50.9 Å². The Labute approximate surface area is 125 Å². The first-order chi connectivity index (χ1) is 10.0. The van der Waals surface area contributed by atoms with E-state index < -0.39 is 0 Å². The first-order valence-electron chi connectivity index (χ1n) is 7.29. The summed E-state index contributed by atoms with van der Waals surface area (Å²) in [7, 11) is 1.89. The van der Waals surface area contributed by atoms with Crippen molar-refractivity contribution in [1.29, 1.82) is 0 Å². The highest BCUT2D eigenvalue weighted by molar-refractivity contribution is 5.49. The van der Waals surface area contributed by atoms with E-state index in [-0.39, 0.29) is 11.9 Å². The number of nitrogens with one attached hydrogen (secondary N) is 1. The van der Waals surface area contributed by atoms with Crippen molar-refractivity contribution >= 4 is 5.69 Å². The van der Waals surface area contributed by atoms with Crippen LogP contribution in [0.2, 0.25) is 0 Å². The van der Waals surface area contributed by atoms with Gasteiger partial charge >= 0.3 is 0 Å². The van der Waals surface area contributed by atoms with Crippen molar-refractivity contribution in [2.45, 2.75) is 33.4 Å². The van der Waals surface area contributed by atoms with Crippen LogP contribution in [0.4, 0.5) is 10.1 Å². The van der Waals surface area contributed by atoms with Crippen LogP contribution in [0, 0.1) is 12.7 Å². The fourth-order valence-corrected chi connectivity index (χ4v) is 2.44. The van der Waals surface area contributed by atoms with E-state index in [2.05, 4.69) is 5.32 Å². The highest BCUT2D eigenvalue weighted by Gasteiger charge is 2.13. The van der Waals surface area contributed by atoms with Crippen LogP contribution in [0.1, 0.15) is 36.8 Å². The summed E-state index contributed by atoms with van der Waals surface area (Å²) in [6.07, 6.45) is 1.66. The van der Waals surface area contributed by atoms with Crippen molar-refractivity contribution in [3.05, 3.63) is 53.2 Å². The van der Waals surface area contributed by atoms with Gasteiger partial charge in [-0.1, -0.05) is 13.0 Å². The number of aryl methyl sites for hydroxylation is 1. The summed E-state index contributed by atoms with van der Waals surface area (Å²) in [6.45, 7) is 7.49. The van der Waals surface area contributed by atoms with E-state index >= 15 is 0 Å². The van der Waals surface area contributed by atoms with Crippen LogP contribution < -0.4 is 10.2 Å². The maximum Gasteiger partial charge on any atom is 0.146 e. The molecule has 0 aliphatic carbocycles. The lowest BCUT2D eigenvalue weighted by Gasteiger charge is -2.21. The van der Waals surface area contributed by atoms with Gasteiger partial charge in [-0.15, -0.1) is 0 Å². The summed E-state index contributed by atoms with van der Waals surface area (Å²) in [5.41, 5.74) is 2.64. The van der Waals surface area contributed by atoms with Crippen LogP contribution in [-0.2, 0) is 6.54 Å². The Morgan fingerprint density at radius 1 is 1.33 bits per heavy atom. The largest absolute Gasteiger partial charge is 0.469 e. The standard InChI is InChI=1S/C17H23FN2O/c1-5-19-12(2)14-6-7-17(16(18)10-14)20(4)11-15-8-9-21-13(15)3/h6-10,12,19H,5,11H2,1-4H3. The molecule has 1 aromatic carbocycles. The average Bonchev–Trinajstić information content (AvgIpc) is 2.84. The zero-order valence-corrected chi connectivity index (χ0v) is 13.1. The third-order valence-electron chi connectivity index (χ3n) is 3.77. The zero-order valence-electron chi connectivity index (χ0n) is 13.1. The normalized spacial score (nSPS) is 12.4. The van der Waals surface area contributed by atoms with Crippen molar-refractivity contribution in [3.63, 3.8) is 0 Å². The lowest BCUT2D eigenvalue weighted by molar-refractivity contribution is 0.529. The van der Waals surface area contributed by atoms with Crippen LogP contribution in [0.3, 0.4) is 0 Å². The van der Waals surface area contributed by atoms with Crippen molar-refractivity contribution < 1.29 is 8.81 Å².